The zero-order valence-electron chi connectivity index (χ0n) is 22.3. The Hall–Kier alpha value is -4.86. The molecule has 0 radical (unpaired) electrons. The van der Waals surface area contributed by atoms with Crippen LogP contribution >= 0.6 is 11.3 Å². The number of fused-ring (bicyclic) bond motifs is 7. The van der Waals surface area contributed by atoms with E-state index in [4.69, 9.17) is 0 Å². The van der Waals surface area contributed by atoms with Crippen molar-refractivity contribution in [2.45, 2.75) is 0 Å². The van der Waals surface area contributed by atoms with Gasteiger partial charge in [0.15, 0.2) is 0 Å². The van der Waals surface area contributed by atoms with Gasteiger partial charge in [-0.2, -0.15) is 0 Å². The molecule has 0 N–H and O–H groups in total. The second-order valence-electron chi connectivity index (χ2n) is 10.9. The quantitative estimate of drug-likeness (QED) is 0.204. The molecule has 0 fully saturated rings. The maximum Gasteiger partial charge on any atom is 0.260 e. The fourth-order valence-electron chi connectivity index (χ4n) is 6.90. The maximum atomic E-state index is 2.50. The van der Waals surface area contributed by atoms with Gasteiger partial charge in [0.25, 0.3) is 6.71 Å². The second kappa shape index (κ2) is 8.82. The fourth-order valence-corrected chi connectivity index (χ4v) is 8.25. The Balaban J connectivity index is 1.33. The number of hydrogen-bond donors (Lipinski definition) is 0. The lowest BCUT2D eigenvalue weighted by molar-refractivity contribution is 1.30. The lowest BCUT2D eigenvalue weighted by Gasteiger charge is -2.36. The van der Waals surface area contributed by atoms with Crippen molar-refractivity contribution >= 4 is 60.9 Å². The molecule has 190 valence electrons. The average molecular weight is 537 g/mol. The van der Waals surface area contributed by atoms with Crippen molar-refractivity contribution in [3.63, 3.8) is 0 Å². The molecule has 1 nitrogen and oxygen atoms in total. The number of anilines is 3. The van der Waals surface area contributed by atoms with Gasteiger partial charge in [-0.25, -0.2) is 0 Å². The van der Waals surface area contributed by atoms with Crippen LogP contribution in [0.15, 0.2) is 146 Å². The Bertz CT molecular complexity index is 2110. The third-order valence-electron chi connectivity index (χ3n) is 8.67. The van der Waals surface area contributed by atoms with E-state index < -0.39 is 0 Å². The summed E-state index contributed by atoms with van der Waals surface area (Å²) in [4.78, 5) is 2.50. The highest BCUT2D eigenvalue weighted by molar-refractivity contribution is 7.34. The third kappa shape index (κ3) is 3.36. The van der Waals surface area contributed by atoms with Crippen LogP contribution in [0.3, 0.4) is 0 Å². The van der Waals surface area contributed by atoms with E-state index in [1.807, 2.05) is 11.3 Å². The van der Waals surface area contributed by atoms with Crippen LogP contribution in [0.25, 0.3) is 43.5 Å². The summed E-state index contributed by atoms with van der Waals surface area (Å²) in [6, 6.07) is 53.3. The number of thiophene rings is 1. The van der Waals surface area contributed by atoms with E-state index in [1.165, 1.54) is 76.2 Å². The Labute approximate surface area is 244 Å². The molecule has 7 aromatic rings. The molecule has 1 aromatic heterocycles. The van der Waals surface area contributed by atoms with Crippen LogP contribution in [0, 0.1) is 0 Å². The third-order valence-corrected chi connectivity index (χ3v) is 9.90. The molecule has 3 heterocycles. The highest BCUT2D eigenvalue weighted by atomic mass is 32.1. The van der Waals surface area contributed by atoms with Gasteiger partial charge < -0.3 is 4.90 Å². The molecule has 41 heavy (non-hydrogen) atoms. The van der Waals surface area contributed by atoms with Crippen molar-refractivity contribution in [2.24, 2.45) is 0 Å². The lowest BCUT2D eigenvalue weighted by Crippen LogP contribution is -2.54. The van der Waals surface area contributed by atoms with Gasteiger partial charge in [-0.1, -0.05) is 115 Å². The van der Waals surface area contributed by atoms with Gasteiger partial charge in [0.05, 0.1) is 0 Å². The largest absolute Gasteiger partial charge is 0.311 e. The number of nitrogens with zero attached hydrogens (tertiary/aromatic N) is 1. The first-order valence-corrected chi connectivity index (χ1v) is 15.0. The summed E-state index contributed by atoms with van der Waals surface area (Å²) >= 11 is 1.96. The molecule has 2 aliphatic heterocycles. The molecule has 9 rings (SSSR count). The fraction of sp³-hybridized carbons (Fsp3) is 0. The first-order chi connectivity index (χ1) is 20.3. The Kier molecular flexibility index (Phi) is 4.93. The zero-order valence-corrected chi connectivity index (χ0v) is 23.1. The summed E-state index contributed by atoms with van der Waals surface area (Å²) in [7, 11) is 0. The average Bonchev–Trinajstić information content (AvgIpc) is 3.58. The molecule has 0 aliphatic carbocycles. The van der Waals surface area contributed by atoms with Crippen molar-refractivity contribution in [1.29, 1.82) is 0 Å². The molecule has 0 bridgehead atoms. The van der Waals surface area contributed by atoms with Crippen LogP contribution in [0.5, 0.6) is 0 Å². The normalized spacial score (nSPS) is 12.8. The Morgan fingerprint density at radius 1 is 0.512 bits per heavy atom. The maximum absolute atomic E-state index is 2.50. The minimum absolute atomic E-state index is 0.238. The van der Waals surface area contributed by atoms with Gasteiger partial charge in [0.1, 0.15) is 0 Å². The van der Waals surface area contributed by atoms with Gasteiger partial charge in [-0.15, -0.1) is 11.3 Å². The highest BCUT2D eigenvalue weighted by Gasteiger charge is 2.44. The van der Waals surface area contributed by atoms with E-state index in [1.54, 1.807) is 0 Å². The first-order valence-electron chi connectivity index (χ1n) is 14.1. The van der Waals surface area contributed by atoms with E-state index in [-0.39, 0.29) is 6.71 Å². The Morgan fingerprint density at radius 2 is 1.20 bits per heavy atom. The SMILES string of the molecule is c1ccc(-c2cccc(N3c4cc(-c5ccccc5)ccc4B4c5sc6ccccc6c5-c5cccc3c54)c2)cc1. The summed E-state index contributed by atoms with van der Waals surface area (Å²) in [6.07, 6.45) is 0. The van der Waals surface area contributed by atoms with Crippen LogP contribution < -0.4 is 20.6 Å². The van der Waals surface area contributed by atoms with Crippen LogP contribution in [-0.2, 0) is 0 Å². The molecule has 6 aromatic carbocycles. The van der Waals surface area contributed by atoms with Crippen molar-refractivity contribution in [2.75, 3.05) is 4.90 Å². The number of rotatable bonds is 3. The van der Waals surface area contributed by atoms with Crippen LogP contribution in [-0.4, -0.2) is 6.71 Å². The van der Waals surface area contributed by atoms with E-state index in [0.29, 0.717) is 0 Å². The van der Waals surface area contributed by atoms with Crippen LogP contribution in [0.4, 0.5) is 17.1 Å². The monoisotopic (exact) mass is 537 g/mol. The predicted molar refractivity (Wildman–Crippen MR) is 177 cm³/mol. The number of hydrogen-bond acceptors (Lipinski definition) is 2. The molecular weight excluding hydrogens is 513 g/mol. The topological polar surface area (TPSA) is 3.24 Å². The number of benzene rings is 6. The van der Waals surface area contributed by atoms with E-state index in [9.17, 15) is 0 Å². The second-order valence-corrected chi connectivity index (χ2v) is 12.0. The minimum Gasteiger partial charge on any atom is -0.311 e. The van der Waals surface area contributed by atoms with Crippen molar-refractivity contribution in [3.8, 4) is 33.4 Å². The van der Waals surface area contributed by atoms with Gasteiger partial charge in [-0.05, 0) is 84.8 Å². The van der Waals surface area contributed by atoms with Crippen molar-refractivity contribution < 1.29 is 0 Å². The predicted octanol–water partition coefficient (Wildman–Crippen LogP) is 8.52. The molecule has 0 spiro atoms. The molecule has 0 unspecified atom stereocenters. The highest BCUT2D eigenvalue weighted by Crippen LogP contribution is 2.45. The molecule has 0 amide bonds. The molecular formula is C38H24BNS. The lowest BCUT2D eigenvalue weighted by atomic mass is 9.39. The van der Waals surface area contributed by atoms with E-state index in [0.717, 1.165) is 0 Å². The van der Waals surface area contributed by atoms with Crippen LogP contribution in [0.1, 0.15) is 0 Å². The smallest absolute Gasteiger partial charge is 0.260 e. The molecule has 2 aliphatic rings. The summed E-state index contributed by atoms with van der Waals surface area (Å²) in [6.45, 7) is 0.238. The first kappa shape index (κ1) is 22.9. The van der Waals surface area contributed by atoms with E-state index in [2.05, 4.69) is 150 Å². The molecule has 0 saturated heterocycles. The minimum atomic E-state index is 0.238. The van der Waals surface area contributed by atoms with Crippen molar-refractivity contribution in [1.82, 2.24) is 0 Å². The van der Waals surface area contributed by atoms with Crippen molar-refractivity contribution in [3.05, 3.63) is 146 Å². The molecule has 0 saturated carbocycles. The van der Waals surface area contributed by atoms with Gasteiger partial charge in [-0.3, -0.25) is 0 Å². The van der Waals surface area contributed by atoms with Gasteiger partial charge >= 0.3 is 0 Å². The summed E-state index contributed by atoms with van der Waals surface area (Å²) in [5.41, 5.74) is 14.3. The summed E-state index contributed by atoms with van der Waals surface area (Å²) in [5.74, 6) is 0. The summed E-state index contributed by atoms with van der Waals surface area (Å²) in [5, 5.41) is 1.37. The molecule has 0 atom stereocenters. The van der Waals surface area contributed by atoms with Gasteiger partial charge in [0, 0.05) is 21.8 Å². The molecule has 3 heteroatoms. The summed E-state index contributed by atoms with van der Waals surface area (Å²) < 4.78 is 2.84. The van der Waals surface area contributed by atoms with Crippen LogP contribution in [0.2, 0.25) is 0 Å². The Morgan fingerprint density at radius 3 is 2.00 bits per heavy atom. The van der Waals surface area contributed by atoms with E-state index >= 15 is 0 Å². The standard InChI is InChI=1S/C38H24BNS/c1-3-11-25(12-4-1)27-15-9-16-29(23-27)40-33-19-10-18-31-36-30-17-7-8-20-35(30)41-38(36)39(37(31)33)32-22-21-28(24-34(32)40)26-13-5-2-6-14-26/h1-24H. The zero-order chi connectivity index (χ0) is 26.9. The van der Waals surface area contributed by atoms with Gasteiger partial charge in [0.2, 0.25) is 0 Å².